The van der Waals surface area contributed by atoms with Crippen LogP contribution in [0.25, 0.3) is 0 Å². The summed E-state index contributed by atoms with van der Waals surface area (Å²) in [7, 11) is 0. The molecule has 2 heterocycles. The Kier molecular flexibility index (Phi) is 3.73. The van der Waals surface area contributed by atoms with E-state index >= 15 is 0 Å². The molecule has 0 aliphatic carbocycles. The Balaban J connectivity index is 2.12. The molecule has 7 heteroatoms. The highest BCUT2D eigenvalue weighted by Gasteiger charge is 2.45. The molecule has 1 aliphatic rings. The first-order valence-corrected chi connectivity index (χ1v) is 6.83. The Bertz CT molecular complexity index is 542. The Labute approximate surface area is 117 Å². The number of aromatic nitrogens is 3. The van der Waals surface area contributed by atoms with Gasteiger partial charge in [-0.3, -0.25) is 14.7 Å². The Morgan fingerprint density at radius 3 is 2.75 bits per heavy atom. The summed E-state index contributed by atoms with van der Waals surface area (Å²) in [5.41, 5.74) is -1.50. The SMILES string of the molecule is CC(C)(C)OC(=O)[C@]1(C)CCCN1Cc1n[nH]c(=O)[nH]1. The van der Waals surface area contributed by atoms with E-state index < -0.39 is 11.1 Å². The number of hydrogen-bond acceptors (Lipinski definition) is 5. The molecular weight excluding hydrogens is 260 g/mol. The van der Waals surface area contributed by atoms with Gasteiger partial charge in [0.15, 0.2) is 0 Å². The highest BCUT2D eigenvalue weighted by molar-refractivity contribution is 5.81. The molecule has 112 valence electrons. The molecule has 1 aliphatic heterocycles. The summed E-state index contributed by atoms with van der Waals surface area (Å²) >= 11 is 0. The molecule has 20 heavy (non-hydrogen) atoms. The van der Waals surface area contributed by atoms with Crippen LogP contribution in [0.2, 0.25) is 0 Å². The average Bonchev–Trinajstić information content (AvgIpc) is 2.86. The molecule has 0 bridgehead atoms. The van der Waals surface area contributed by atoms with E-state index in [9.17, 15) is 9.59 Å². The molecular formula is C13H22N4O3. The van der Waals surface area contributed by atoms with E-state index in [2.05, 4.69) is 15.2 Å². The molecule has 1 atom stereocenters. The summed E-state index contributed by atoms with van der Waals surface area (Å²) in [5.74, 6) is 0.312. The zero-order valence-corrected chi connectivity index (χ0v) is 12.4. The number of likely N-dealkylation sites (tertiary alicyclic amines) is 1. The van der Waals surface area contributed by atoms with Gasteiger partial charge in [-0.2, -0.15) is 5.10 Å². The number of carbonyl (C=O) groups excluding carboxylic acids is 1. The van der Waals surface area contributed by atoms with Gasteiger partial charge in [0.2, 0.25) is 0 Å². The number of nitrogens with zero attached hydrogens (tertiary/aromatic N) is 2. The van der Waals surface area contributed by atoms with Gasteiger partial charge >= 0.3 is 11.7 Å². The molecule has 1 aromatic heterocycles. The van der Waals surface area contributed by atoms with E-state index in [-0.39, 0.29) is 11.7 Å². The van der Waals surface area contributed by atoms with Crippen LogP contribution in [0, 0.1) is 0 Å². The van der Waals surface area contributed by atoms with Gasteiger partial charge in [-0.15, -0.1) is 0 Å². The van der Waals surface area contributed by atoms with E-state index in [4.69, 9.17) is 4.74 Å². The van der Waals surface area contributed by atoms with E-state index in [1.165, 1.54) is 0 Å². The minimum atomic E-state index is -0.664. The quantitative estimate of drug-likeness (QED) is 0.800. The second-order valence-corrected chi connectivity index (χ2v) is 6.43. The fraction of sp³-hybridized carbons (Fsp3) is 0.769. The third kappa shape index (κ3) is 3.09. The average molecular weight is 282 g/mol. The molecule has 2 N–H and O–H groups in total. The highest BCUT2D eigenvalue weighted by atomic mass is 16.6. The van der Waals surface area contributed by atoms with Crippen LogP contribution in [0.5, 0.6) is 0 Å². The lowest BCUT2D eigenvalue weighted by molar-refractivity contribution is -0.167. The summed E-state index contributed by atoms with van der Waals surface area (Å²) in [4.78, 5) is 28.1. The third-order valence-electron chi connectivity index (χ3n) is 3.52. The molecule has 0 spiro atoms. The third-order valence-corrected chi connectivity index (χ3v) is 3.52. The minimum absolute atomic E-state index is 0.222. The van der Waals surface area contributed by atoms with Crippen molar-refractivity contribution in [1.82, 2.24) is 20.1 Å². The van der Waals surface area contributed by atoms with Crippen molar-refractivity contribution < 1.29 is 9.53 Å². The van der Waals surface area contributed by atoms with E-state index in [1.54, 1.807) is 0 Å². The van der Waals surface area contributed by atoms with E-state index in [0.717, 1.165) is 19.4 Å². The first kappa shape index (κ1) is 14.8. The Hall–Kier alpha value is -1.63. The smallest absolute Gasteiger partial charge is 0.340 e. The zero-order chi connectivity index (χ0) is 15.0. The van der Waals surface area contributed by atoms with Crippen molar-refractivity contribution >= 4 is 5.97 Å². The van der Waals surface area contributed by atoms with Crippen LogP contribution in [0.3, 0.4) is 0 Å². The van der Waals surface area contributed by atoms with Gasteiger partial charge < -0.3 is 4.74 Å². The Morgan fingerprint density at radius 1 is 1.50 bits per heavy atom. The molecule has 7 nitrogen and oxygen atoms in total. The van der Waals surface area contributed by atoms with Crippen LogP contribution in [0.1, 0.15) is 46.4 Å². The number of H-pyrrole nitrogens is 2. The molecule has 2 rings (SSSR count). The number of aromatic amines is 2. The molecule has 0 aromatic carbocycles. The van der Waals surface area contributed by atoms with Crippen molar-refractivity contribution in [2.75, 3.05) is 6.54 Å². The minimum Gasteiger partial charge on any atom is -0.459 e. The predicted molar refractivity (Wildman–Crippen MR) is 73.1 cm³/mol. The van der Waals surface area contributed by atoms with Crippen LogP contribution in [0.4, 0.5) is 0 Å². The van der Waals surface area contributed by atoms with Gasteiger partial charge in [0.1, 0.15) is 17.0 Å². The van der Waals surface area contributed by atoms with Crippen LogP contribution in [-0.4, -0.2) is 43.7 Å². The number of nitrogens with one attached hydrogen (secondary N) is 2. The topological polar surface area (TPSA) is 91.1 Å². The van der Waals surface area contributed by atoms with Crippen LogP contribution in [0.15, 0.2) is 4.79 Å². The fourth-order valence-electron chi connectivity index (χ4n) is 2.45. The largest absolute Gasteiger partial charge is 0.459 e. The van der Waals surface area contributed by atoms with Crippen LogP contribution < -0.4 is 5.69 Å². The van der Waals surface area contributed by atoms with Gasteiger partial charge in [0.25, 0.3) is 0 Å². The summed E-state index contributed by atoms with van der Waals surface area (Å²) < 4.78 is 5.52. The summed E-state index contributed by atoms with van der Waals surface area (Å²) in [6, 6.07) is 0. The summed E-state index contributed by atoms with van der Waals surface area (Å²) in [6.45, 7) is 8.67. The van der Waals surface area contributed by atoms with Gasteiger partial charge in [0.05, 0.1) is 6.54 Å². The fourth-order valence-corrected chi connectivity index (χ4v) is 2.45. The van der Waals surface area contributed by atoms with Gasteiger partial charge in [-0.05, 0) is 47.1 Å². The highest BCUT2D eigenvalue weighted by Crippen LogP contribution is 2.32. The number of ether oxygens (including phenoxy) is 1. The standard InChI is InChI=1S/C13H22N4O3/c1-12(2,3)20-10(18)13(4)6-5-7-17(13)8-9-14-11(19)16-15-9/h5-8H2,1-4H3,(H2,14,15,16,19)/t13-/m0/s1. The van der Waals surface area contributed by atoms with E-state index in [0.29, 0.717) is 12.4 Å². The molecule has 0 amide bonds. The van der Waals surface area contributed by atoms with Crippen LogP contribution >= 0.6 is 0 Å². The molecule has 0 saturated carbocycles. The summed E-state index contributed by atoms with van der Waals surface area (Å²) in [6.07, 6.45) is 1.67. The molecule has 1 saturated heterocycles. The molecule has 0 unspecified atom stereocenters. The van der Waals surface area contributed by atoms with Gasteiger partial charge in [-0.25, -0.2) is 9.89 Å². The number of hydrogen-bond donors (Lipinski definition) is 2. The number of rotatable bonds is 3. The maximum absolute atomic E-state index is 12.4. The second kappa shape index (κ2) is 5.05. The van der Waals surface area contributed by atoms with Crippen molar-refractivity contribution in [3.05, 3.63) is 16.3 Å². The molecule has 1 aromatic rings. The van der Waals surface area contributed by atoms with Gasteiger partial charge in [0, 0.05) is 0 Å². The monoisotopic (exact) mass is 282 g/mol. The van der Waals surface area contributed by atoms with Gasteiger partial charge in [-0.1, -0.05) is 0 Å². The molecule has 0 radical (unpaired) electrons. The molecule has 1 fully saturated rings. The maximum Gasteiger partial charge on any atom is 0.340 e. The predicted octanol–water partition coefficient (Wildman–Crippen LogP) is 0.794. The number of esters is 1. The van der Waals surface area contributed by atoms with Crippen molar-refractivity contribution in [3.8, 4) is 0 Å². The summed E-state index contributed by atoms with van der Waals surface area (Å²) in [5, 5.41) is 6.23. The van der Waals surface area contributed by atoms with Crippen molar-refractivity contribution in [2.24, 2.45) is 0 Å². The zero-order valence-electron chi connectivity index (χ0n) is 12.4. The van der Waals surface area contributed by atoms with Crippen molar-refractivity contribution in [1.29, 1.82) is 0 Å². The number of carbonyl (C=O) groups is 1. The lowest BCUT2D eigenvalue weighted by Crippen LogP contribution is -2.50. The van der Waals surface area contributed by atoms with Crippen molar-refractivity contribution in [3.63, 3.8) is 0 Å². The van der Waals surface area contributed by atoms with E-state index in [1.807, 2.05) is 32.6 Å². The lowest BCUT2D eigenvalue weighted by atomic mass is 9.98. The maximum atomic E-state index is 12.4. The Morgan fingerprint density at radius 2 is 2.20 bits per heavy atom. The van der Waals surface area contributed by atoms with Crippen molar-refractivity contribution in [2.45, 2.75) is 58.2 Å². The second-order valence-electron chi connectivity index (χ2n) is 6.43. The van der Waals surface area contributed by atoms with Crippen LogP contribution in [-0.2, 0) is 16.1 Å². The lowest BCUT2D eigenvalue weighted by Gasteiger charge is -2.34. The first-order chi connectivity index (χ1) is 9.21. The first-order valence-electron chi connectivity index (χ1n) is 6.83. The normalized spacial score (nSPS) is 24.0.